The Kier molecular flexibility index (Phi) is 3.86. The van der Waals surface area contributed by atoms with Crippen molar-refractivity contribution in [1.29, 1.82) is 0 Å². The molecule has 1 fully saturated rings. The van der Waals surface area contributed by atoms with Crippen LogP contribution >= 0.6 is 0 Å². The zero-order chi connectivity index (χ0) is 16.4. The van der Waals surface area contributed by atoms with Crippen molar-refractivity contribution in [1.82, 2.24) is 19.7 Å². The second-order valence-electron chi connectivity index (χ2n) is 5.92. The molecular formula is C18H18N4O2. The first-order valence-corrected chi connectivity index (χ1v) is 8.13. The second kappa shape index (κ2) is 6.31. The molecule has 0 bridgehead atoms. The molecule has 4 rings (SSSR count). The van der Waals surface area contributed by atoms with E-state index in [1.165, 1.54) is 12.5 Å². The van der Waals surface area contributed by atoms with Crippen LogP contribution < -0.4 is 0 Å². The van der Waals surface area contributed by atoms with Crippen LogP contribution in [0.25, 0.3) is 5.69 Å². The lowest BCUT2D eigenvalue weighted by molar-refractivity contribution is 0.0597. The summed E-state index contributed by atoms with van der Waals surface area (Å²) in [6.07, 6.45) is 7.69. The highest BCUT2D eigenvalue weighted by atomic mass is 16.3. The summed E-state index contributed by atoms with van der Waals surface area (Å²) in [7, 11) is 0. The van der Waals surface area contributed by atoms with Crippen LogP contribution in [0.3, 0.4) is 0 Å². The first-order valence-electron chi connectivity index (χ1n) is 8.13. The highest BCUT2D eigenvalue weighted by Gasteiger charge is 2.32. The first-order chi connectivity index (χ1) is 11.8. The van der Waals surface area contributed by atoms with Crippen molar-refractivity contribution < 1.29 is 9.21 Å². The predicted molar refractivity (Wildman–Crippen MR) is 87.7 cm³/mol. The Morgan fingerprint density at radius 3 is 2.83 bits per heavy atom. The van der Waals surface area contributed by atoms with E-state index >= 15 is 0 Å². The van der Waals surface area contributed by atoms with Crippen LogP contribution in [0.1, 0.15) is 41.5 Å². The molecule has 1 aliphatic rings. The summed E-state index contributed by atoms with van der Waals surface area (Å²) in [5.41, 5.74) is 1.58. The summed E-state index contributed by atoms with van der Waals surface area (Å²) in [6.45, 7) is 0.719. The number of hydrogen-bond acceptors (Lipinski definition) is 4. The lowest BCUT2D eigenvalue weighted by atomic mass is 10.0. The quantitative estimate of drug-likeness (QED) is 0.742. The number of likely N-dealkylation sites (tertiary alicyclic amines) is 1. The van der Waals surface area contributed by atoms with Gasteiger partial charge in [0.05, 0.1) is 17.9 Å². The molecule has 0 radical (unpaired) electrons. The molecule has 0 saturated carbocycles. The normalized spacial score (nSPS) is 17.8. The summed E-state index contributed by atoms with van der Waals surface area (Å²) >= 11 is 0. The van der Waals surface area contributed by atoms with Gasteiger partial charge in [0.2, 0.25) is 0 Å². The minimum Gasteiger partial charge on any atom is -0.472 e. The van der Waals surface area contributed by atoms with Gasteiger partial charge in [0.25, 0.3) is 5.91 Å². The molecule has 1 unspecified atom stereocenters. The zero-order valence-corrected chi connectivity index (χ0v) is 13.2. The molecule has 3 heterocycles. The third-order valence-corrected chi connectivity index (χ3v) is 4.44. The van der Waals surface area contributed by atoms with Crippen LogP contribution in [0.4, 0.5) is 0 Å². The Hall–Kier alpha value is -2.89. The van der Waals surface area contributed by atoms with Crippen molar-refractivity contribution in [2.75, 3.05) is 6.54 Å². The van der Waals surface area contributed by atoms with Gasteiger partial charge in [-0.25, -0.2) is 0 Å². The molecule has 0 aliphatic carbocycles. The number of furan rings is 1. The fourth-order valence-corrected chi connectivity index (χ4v) is 3.25. The van der Waals surface area contributed by atoms with Gasteiger partial charge < -0.3 is 9.32 Å². The van der Waals surface area contributed by atoms with Crippen molar-refractivity contribution in [3.05, 3.63) is 66.6 Å². The van der Waals surface area contributed by atoms with Crippen molar-refractivity contribution >= 4 is 5.91 Å². The van der Waals surface area contributed by atoms with Crippen LogP contribution in [0, 0.1) is 0 Å². The van der Waals surface area contributed by atoms with Gasteiger partial charge in [-0.1, -0.05) is 18.2 Å². The lowest BCUT2D eigenvalue weighted by Gasteiger charge is -2.35. The van der Waals surface area contributed by atoms with E-state index in [2.05, 4.69) is 10.2 Å². The third kappa shape index (κ3) is 2.60. The molecule has 0 spiro atoms. The van der Waals surface area contributed by atoms with Crippen molar-refractivity contribution in [3.8, 4) is 5.69 Å². The number of nitrogens with zero attached hydrogens (tertiary/aromatic N) is 4. The highest BCUT2D eigenvalue weighted by Crippen LogP contribution is 2.32. The van der Waals surface area contributed by atoms with E-state index in [9.17, 15) is 4.79 Å². The number of benzene rings is 1. The van der Waals surface area contributed by atoms with Crippen molar-refractivity contribution in [2.24, 2.45) is 0 Å². The van der Waals surface area contributed by atoms with E-state index in [-0.39, 0.29) is 11.9 Å². The fourth-order valence-electron chi connectivity index (χ4n) is 3.25. The summed E-state index contributed by atoms with van der Waals surface area (Å²) in [5.74, 6) is 0.786. The standard InChI is InChI=1S/C18H18N4O2/c23-18(14-9-11-24-12-14)21-10-5-4-8-16(21)17-20-19-13-22(17)15-6-2-1-3-7-15/h1-3,6-7,9,11-13,16H,4-5,8,10H2. The highest BCUT2D eigenvalue weighted by molar-refractivity contribution is 5.94. The number of hydrogen-bond donors (Lipinski definition) is 0. The van der Waals surface area contributed by atoms with Gasteiger partial charge in [-0.05, 0) is 37.5 Å². The Morgan fingerprint density at radius 1 is 1.17 bits per heavy atom. The minimum absolute atomic E-state index is 0.0175. The van der Waals surface area contributed by atoms with Crippen LogP contribution in [-0.2, 0) is 0 Å². The molecule has 3 aromatic rings. The molecule has 6 heteroatoms. The smallest absolute Gasteiger partial charge is 0.257 e. The van der Waals surface area contributed by atoms with Crippen molar-refractivity contribution in [3.63, 3.8) is 0 Å². The van der Waals surface area contributed by atoms with E-state index in [1.54, 1.807) is 12.4 Å². The summed E-state index contributed by atoms with van der Waals surface area (Å²) in [6, 6.07) is 11.6. The fraction of sp³-hybridized carbons (Fsp3) is 0.278. The van der Waals surface area contributed by atoms with Crippen molar-refractivity contribution in [2.45, 2.75) is 25.3 Å². The van der Waals surface area contributed by atoms with Crippen LogP contribution in [0.2, 0.25) is 0 Å². The molecule has 1 aliphatic heterocycles. The SMILES string of the molecule is O=C(c1ccoc1)N1CCCCC1c1nncn1-c1ccccc1. The van der Waals surface area contributed by atoms with Gasteiger partial charge in [0, 0.05) is 12.2 Å². The molecule has 6 nitrogen and oxygen atoms in total. The summed E-state index contributed by atoms with van der Waals surface area (Å²) < 4.78 is 7.03. The number of piperidine rings is 1. The maximum absolute atomic E-state index is 12.8. The predicted octanol–water partition coefficient (Wildman–Crippen LogP) is 3.23. The Bertz CT molecular complexity index is 811. The van der Waals surface area contributed by atoms with Gasteiger partial charge in [-0.15, -0.1) is 10.2 Å². The lowest BCUT2D eigenvalue weighted by Crippen LogP contribution is -2.39. The second-order valence-corrected chi connectivity index (χ2v) is 5.92. The summed E-state index contributed by atoms with van der Waals surface area (Å²) in [5, 5.41) is 8.41. The molecule has 2 aromatic heterocycles. The Morgan fingerprint density at radius 2 is 2.04 bits per heavy atom. The maximum Gasteiger partial charge on any atom is 0.257 e. The van der Waals surface area contributed by atoms with E-state index in [0.29, 0.717) is 5.56 Å². The largest absolute Gasteiger partial charge is 0.472 e. The van der Waals surface area contributed by atoms with Gasteiger partial charge in [-0.2, -0.15) is 0 Å². The van der Waals surface area contributed by atoms with Crippen LogP contribution in [-0.4, -0.2) is 32.1 Å². The number of rotatable bonds is 3. The number of aromatic nitrogens is 3. The molecule has 122 valence electrons. The van der Waals surface area contributed by atoms with E-state index in [1.807, 2.05) is 39.8 Å². The topological polar surface area (TPSA) is 64.2 Å². The van der Waals surface area contributed by atoms with E-state index < -0.39 is 0 Å². The number of carbonyl (C=O) groups excluding carboxylic acids is 1. The molecule has 1 amide bonds. The minimum atomic E-state index is -0.0798. The van der Waals surface area contributed by atoms with Gasteiger partial charge in [0.1, 0.15) is 12.6 Å². The maximum atomic E-state index is 12.8. The molecule has 1 saturated heterocycles. The molecule has 1 atom stereocenters. The molecule has 1 aromatic carbocycles. The number of carbonyl (C=O) groups is 1. The molecule has 0 N–H and O–H groups in total. The van der Waals surface area contributed by atoms with E-state index in [0.717, 1.165) is 37.3 Å². The summed E-state index contributed by atoms with van der Waals surface area (Å²) in [4.78, 5) is 14.7. The van der Waals surface area contributed by atoms with Crippen LogP contribution in [0.15, 0.2) is 59.7 Å². The van der Waals surface area contributed by atoms with Gasteiger partial charge >= 0.3 is 0 Å². The molecule has 24 heavy (non-hydrogen) atoms. The Labute approximate surface area is 139 Å². The van der Waals surface area contributed by atoms with Crippen LogP contribution in [0.5, 0.6) is 0 Å². The Balaban J connectivity index is 1.70. The number of amides is 1. The monoisotopic (exact) mass is 322 g/mol. The van der Waals surface area contributed by atoms with E-state index in [4.69, 9.17) is 4.42 Å². The third-order valence-electron chi connectivity index (χ3n) is 4.44. The van der Waals surface area contributed by atoms with Gasteiger partial charge in [0.15, 0.2) is 5.82 Å². The average molecular weight is 322 g/mol. The van der Waals surface area contributed by atoms with Gasteiger partial charge in [-0.3, -0.25) is 9.36 Å². The average Bonchev–Trinajstić information content (AvgIpc) is 3.33. The molecular weight excluding hydrogens is 304 g/mol. The zero-order valence-electron chi connectivity index (χ0n) is 13.2. The first kappa shape index (κ1) is 14.7. The number of para-hydroxylation sites is 1.